The first-order chi connectivity index (χ1) is 9.30. The van der Waals surface area contributed by atoms with Gasteiger partial charge in [-0.2, -0.15) is 0 Å². The van der Waals surface area contributed by atoms with Gasteiger partial charge in [0.25, 0.3) is 0 Å². The van der Waals surface area contributed by atoms with Gasteiger partial charge in [0.15, 0.2) is 0 Å². The molecule has 0 aromatic carbocycles. The maximum Gasteiger partial charge on any atom is 0.0830 e. The smallest absolute Gasteiger partial charge is 0.0830 e. The lowest BCUT2D eigenvalue weighted by atomic mass is 9.87. The summed E-state index contributed by atoms with van der Waals surface area (Å²) in [7, 11) is 1.90. The van der Waals surface area contributed by atoms with Crippen molar-refractivity contribution in [3.63, 3.8) is 0 Å². The van der Waals surface area contributed by atoms with Crippen molar-refractivity contribution in [3.05, 3.63) is 0 Å². The van der Waals surface area contributed by atoms with Crippen molar-refractivity contribution in [2.45, 2.75) is 82.5 Å². The molecule has 2 rings (SSSR count). The Morgan fingerprint density at radius 2 is 2.11 bits per heavy atom. The molecule has 2 unspecified atom stereocenters. The fraction of sp³-hybridized carbons (Fsp3) is 1.00. The molecule has 1 saturated carbocycles. The molecule has 0 aromatic rings. The normalized spacial score (nSPS) is 27.8. The van der Waals surface area contributed by atoms with Crippen LogP contribution in [-0.2, 0) is 9.47 Å². The summed E-state index contributed by atoms with van der Waals surface area (Å²) >= 11 is 0. The molecule has 2 atom stereocenters. The van der Waals surface area contributed by atoms with E-state index < -0.39 is 0 Å². The third kappa shape index (κ3) is 3.93. The van der Waals surface area contributed by atoms with E-state index in [1.807, 2.05) is 7.11 Å². The summed E-state index contributed by atoms with van der Waals surface area (Å²) in [5.74, 6) is 0. The Balaban J connectivity index is 1.89. The first kappa shape index (κ1) is 15.3. The van der Waals surface area contributed by atoms with Gasteiger partial charge in [0.1, 0.15) is 0 Å². The molecule has 0 radical (unpaired) electrons. The van der Waals surface area contributed by atoms with E-state index in [1.54, 1.807) is 0 Å². The second kappa shape index (κ2) is 7.61. The van der Waals surface area contributed by atoms with E-state index >= 15 is 0 Å². The van der Waals surface area contributed by atoms with E-state index in [-0.39, 0.29) is 5.60 Å². The number of hydrogen-bond donors (Lipinski definition) is 1. The zero-order valence-corrected chi connectivity index (χ0v) is 12.7. The Bertz CT molecular complexity index is 245. The quantitative estimate of drug-likeness (QED) is 0.733. The first-order valence-corrected chi connectivity index (χ1v) is 8.21. The summed E-state index contributed by atoms with van der Waals surface area (Å²) in [6.45, 7) is 4.30. The van der Waals surface area contributed by atoms with Crippen LogP contribution in [0, 0.1) is 0 Å². The number of hydrogen-bond acceptors (Lipinski definition) is 3. The van der Waals surface area contributed by atoms with Gasteiger partial charge >= 0.3 is 0 Å². The average molecular weight is 269 g/mol. The van der Waals surface area contributed by atoms with Crippen LogP contribution in [0.3, 0.4) is 0 Å². The molecule has 1 saturated heterocycles. The summed E-state index contributed by atoms with van der Waals surface area (Å²) in [6, 6.07) is 0.504. The van der Waals surface area contributed by atoms with Gasteiger partial charge in [-0.25, -0.2) is 0 Å². The SMILES string of the molecule is CCCNC(CCC1CCCO1)C1(OC)CCCC1. The fourth-order valence-corrected chi connectivity index (χ4v) is 3.76. The molecule has 112 valence electrons. The minimum atomic E-state index is 0.0910. The molecular weight excluding hydrogens is 238 g/mol. The minimum absolute atomic E-state index is 0.0910. The maximum atomic E-state index is 5.97. The number of methoxy groups -OCH3 is 1. The lowest BCUT2D eigenvalue weighted by Gasteiger charge is -2.37. The number of nitrogens with one attached hydrogen (secondary N) is 1. The molecule has 3 nitrogen and oxygen atoms in total. The Hall–Kier alpha value is -0.120. The molecular formula is C16H31NO2. The van der Waals surface area contributed by atoms with Gasteiger partial charge < -0.3 is 14.8 Å². The highest BCUT2D eigenvalue weighted by atomic mass is 16.5. The molecule has 1 heterocycles. The van der Waals surface area contributed by atoms with E-state index in [0.29, 0.717) is 12.1 Å². The Kier molecular flexibility index (Phi) is 6.11. The second-order valence-corrected chi connectivity index (χ2v) is 6.20. The van der Waals surface area contributed by atoms with Crippen molar-refractivity contribution in [1.29, 1.82) is 0 Å². The highest BCUT2D eigenvalue weighted by Gasteiger charge is 2.41. The summed E-state index contributed by atoms with van der Waals surface area (Å²) in [5.41, 5.74) is 0.0910. The van der Waals surface area contributed by atoms with Crippen LogP contribution < -0.4 is 5.32 Å². The zero-order chi connectivity index (χ0) is 13.6. The van der Waals surface area contributed by atoms with Crippen molar-refractivity contribution < 1.29 is 9.47 Å². The standard InChI is InChI=1S/C16H31NO2/c1-3-12-17-15(9-8-14-7-6-13-19-14)16(18-2)10-4-5-11-16/h14-15,17H,3-13H2,1-2H3. The Morgan fingerprint density at radius 1 is 1.32 bits per heavy atom. The van der Waals surface area contributed by atoms with Crippen LogP contribution in [0.25, 0.3) is 0 Å². The van der Waals surface area contributed by atoms with Crippen molar-refractivity contribution in [2.24, 2.45) is 0 Å². The van der Waals surface area contributed by atoms with E-state index in [2.05, 4.69) is 12.2 Å². The van der Waals surface area contributed by atoms with E-state index in [4.69, 9.17) is 9.47 Å². The van der Waals surface area contributed by atoms with Crippen molar-refractivity contribution in [3.8, 4) is 0 Å². The van der Waals surface area contributed by atoms with E-state index in [0.717, 1.165) is 13.2 Å². The van der Waals surface area contributed by atoms with Crippen LogP contribution in [0.5, 0.6) is 0 Å². The van der Waals surface area contributed by atoms with Crippen LogP contribution in [0.1, 0.15) is 64.7 Å². The summed E-state index contributed by atoms with van der Waals surface area (Å²) in [4.78, 5) is 0. The third-order valence-electron chi connectivity index (χ3n) is 4.93. The minimum Gasteiger partial charge on any atom is -0.378 e. The molecule has 0 amide bonds. The molecule has 19 heavy (non-hydrogen) atoms. The second-order valence-electron chi connectivity index (χ2n) is 6.20. The van der Waals surface area contributed by atoms with Gasteiger partial charge in [-0.05, 0) is 51.5 Å². The Morgan fingerprint density at radius 3 is 2.68 bits per heavy atom. The van der Waals surface area contributed by atoms with Crippen LogP contribution in [0.4, 0.5) is 0 Å². The van der Waals surface area contributed by atoms with E-state index in [1.165, 1.54) is 57.8 Å². The molecule has 0 bridgehead atoms. The van der Waals surface area contributed by atoms with Crippen molar-refractivity contribution in [2.75, 3.05) is 20.3 Å². The topological polar surface area (TPSA) is 30.5 Å². The highest BCUT2D eigenvalue weighted by molar-refractivity contribution is 4.97. The summed E-state index contributed by atoms with van der Waals surface area (Å²) < 4.78 is 11.7. The molecule has 2 aliphatic rings. The highest BCUT2D eigenvalue weighted by Crippen LogP contribution is 2.37. The fourth-order valence-electron chi connectivity index (χ4n) is 3.76. The van der Waals surface area contributed by atoms with Gasteiger partial charge in [0.2, 0.25) is 0 Å². The van der Waals surface area contributed by atoms with Crippen molar-refractivity contribution in [1.82, 2.24) is 5.32 Å². The molecule has 2 fully saturated rings. The lowest BCUT2D eigenvalue weighted by Crippen LogP contribution is -2.51. The molecule has 1 N–H and O–H groups in total. The average Bonchev–Trinajstić information content (AvgIpc) is 3.10. The number of ether oxygens (including phenoxy) is 2. The number of rotatable bonds is 8. The Labute approximate surface area is 118 Å². The van der Waals surface area contributed by atoms with Crippen molar-refractivity contribution >= 4 is 0 Å². The first-order valence-electron chi connectivity index (χ1n) is 8.21. The largest absolute Gasteiger partial charge is 0.378 e. The van der Waals surface area contributed by atoms with Gasteiger partial charge in [-0.1, -0.05) is 19.8 Å². The molecule has 1 aliphatic carbocycles. The molecule has 1 aliphatic heterocycles. The predicted molar refractivity (Wildman–Crippen MR) is 78.5 cm³/mol. The molecule has 0 aromatic heterocycles. The van der Waals surface area contributed by atoms with Gasteiger partial charge in [-0.3, -0.25) is 0 Å². The summed E-state index contributed by atoms with van der Waals surface area (Å²) in [5, 5.41) is 3.75. The zero-order valence-electron chi connectivity index (χ0n) is 12.7. The van der Waals surface area contributed by atoms with Crippen LogP contribution in [0.2, 0.25) is 0 Å². The van der Waals surface area contributed by atoms with Gasteiger partial charge in [0.05, 0.1) is 11.7 Å². The lowest BCUT2D eigenvalue weighted by molar-refractivity contribution is -0.0411. The van der Waals surface area contributed by atoms with Gasteiger partial charge in [-0.15, -0.1) is 0 Å². The third-order valence-corrected chi connectivity index (χ3v) is 4.93. The molecule has 3 heteroatoms. The van der Waals surface area contributed by atoms with Crippen LogP contribution >= 0.6 is 0 Å². The van der Waals surface area contributed by atoms with Crippen LogP contribution in [0.15, 0.2) is 0 Å². The van der Waals surface area contributed by atoms with Gasteiger partial charge in [0, 0.05) is 19.8 Å². The summed E-state index contributed by atoms with van der Waals surface area (Å²) in [6.07, 6.45) is 11.6. The molecule has 0 spiro atoms. The van der Waals surface area contributed by atoms with Crippen LogP contribution in [-0.4, -0.2) is 38.0 Å². The monoisotopic (exact) mass is 269 g/mol. The predicted octanol–water partition coefficient (Wildman–Crippen LogP) is 3.27. The van der Waals surface area contributed by atoms with E-state index in [9.17, 15) is 0 Å². The maximum absolute atomic E-state index is 5.97.